The number of aryl methyl sites for hydroxylation is 1. The Labute approximate surface area is 94.9 Å². The third kappa shape index (κ3) is 2.85. The SMILES string of the molecule is Cc1ccnc(OC(C)(C)C)c1/C(N)=N/O. The zero-order chi connectivity index (χ0) is 12.3. The maximum Gasteiger partial charge on any atom is 0.225 e. The lowest BCUT2D eigenvalue weighted by molar-refractivity contribution is 0.123. The summed E-state index contributed by atoms with van der Waals surface area (Å²) >= 11 is 0. The van der Waals surface area contributed by atoms with Crippen LogP contribution in [0.5, 0.6) is 5.88 Å². The minimum Gasteiger partial charge on any atom is -0.471 e. The van der Waals surface area contributed by atoms with E-state index in [1.54, 1.807) is 12.3 Å². The normalized spacial score (nSPS) is 12.6. The number of rotatable bonds is 2. The standard InChI is InChI=1S/C11H17N3O2/c1-7-5-6-13-10(16-11(2,3)4)8(7)9(12)14-15/h5-6,15H,1-4H3,(H2,12,14). The minimum atomic E-state index is -0.384. The molecule has 16 heavy (non-hydrogen) atoms. The van der Waals surface area contributed by atoms with Gasteiger partial charge in [-0.1, -0.05) is 5.16 Å². The molecule has 5 heteroatoms. The molecule has 0 amide bonds. The molecule has 0 fully saturated rings. The van der Waals surface area contributed by atoms with E-state index >= 15 is 0 Å². The van der Waals surface area contributed by atoms with Gasteiger partial charge in [-0.3, -0.25) is 0 Å². The van der Waals surface area contributed by atoms with E-state index in [2.05, 4.69) is 10.1 Å². The van der Waals surface area contributed by atoms with Gasteiger partial charge in [-0.25, -0.2) is 4.98 Å². The number of nitrogens with two attached hydrogens (primary N) is 1. The lowest BCUT2D eigenvalue weighted by Crippen LogP contribution is -2.26. The first-order chi connectivity index (χ1) is 7.35. The van der Waals surface area contributed by atoms with Crippen LogP contribution >= 0.6 is 0 Å². The number of hydrogen-bond donors (Lipinski definition) is 2. The molecule has 0 atom stereocenters. The van der Waals surface area contributed by atoms with Crippen LogP contribution < -0.4 is 10.5 Å². The first kappa shape index (κ1) is 12.3. The maximum atomic E-state index is 8.72. The van der Waals surface area contributed by atoms with Crippen molar-refractivity contribution in [3.63, 3.8) is 0 Å². The van der Waals surface area contributed by atoms with E-state index in [0.29, 0.717) is 11.4 Å². The molecular weight excluding hydrogens is 206 g/mol. The first-order valence-electron chi connectivity index (χ1n) is 4.97. The molecule has 0 saturated carbocycles. The Morgan fingerprint density at radius 1 is 1.50 bits per heavy atom. The number of ether oxygens (including phenoxy) is 1. The van der Waals surface area contributed by atoms with Gasteiger partial charge in [-0.15, -0.1) is 0 Å². The smallest absolute Gasteiger partial charge is 0.225 e. The number of hydrogen-bond acceptors (Lipinski definition) is 4. The predicted molar refractivity (Wildman–Crippen MR) is 61.9 cm³/mol. The predicted octanol–water partition coefficient (Wildman–Crippen LogP) is 1.66. The summed E-state index contributed by atoms with van der Waals surface area (Å²) in [5, 5.41) is 11.7. The van der Waals surface area contributed by atoms with Gasteiger partial charge in [0.05, 0.1) is 5.56 Å². The Morgan fingerprint density at radius 3 is 2.62 bits per heavy atom. The van der Waals surface area contributed by atoms with Crippen LogP contribution in [0.3, 0.4) is 0 Å². The molecule has 0 unspecified atom stereocenters. The highest BCUT2D eigenvalue weighted by Gasteiger charge is 2.19. The van der Waals surface area contributed by atoms with Gasteiger partial charge in [-0.05, 0) is 39.3 Å². The van der Waals surface area contributed by atoms with Crippen LogP contribution in [-0.2, 0) is 0 Å². The molecule has 0 bridgehead atoms. The van der Waals surface area contributed by atoms with Gasteiger partial charge in [-0.2, -0.15) is 0 Å². The van der Waals surface area contributed by atoms with Gasteiger partial charge in [0.1, 0.15) is 5.60 Å². The zero-order valence-electron chi connectivity index (χ0n) is 9.98. The second-order valence-electron chi connectivity index (χ2n) is 4.51. The Balaban J connectivity index is 3.24. The van der Waals surface area contributed by atoms with E-state index in [4.69, 9.17) is 15.7 Å². The molecule has 0 radical (unpaired) electrons. The molecule has 1 rings (SSSR count). The highest BCUT2D eigenvalue weighted by molar-refractivity contribution is 6.00. The number of pyridine rings is 1. The molecule has 1 aromatic heterocycles. The van der Waals surface area contributed by atoms with Crippen molar-refractivity contribution in [1.82, 2.24) is 4.98 Å². The van der Waals surface area contributed by atoms with Crippen molar-refractivity contribution in [2.24, 2.45) is 10.9 Å². The van der Waals surface area contributed by atoms with Gasteiger partial charge < -0.3 is 15.7 Å². The fourth-order valence-electron chi connectivity index (χ4n) is 1.26. The Morgan fingerprint density at radius 2 is 2.12 bits per heavy atom. The molecule has 0 aromatic carbocycles. The fourth-order valence-corrected chi connectivity index (χ4v) is 1.26. The van der Waals surface area contributed by atoms with Gasteiger partial charge in [0.2, 0.25) is 5.88 Å². The molecule has 0 aliphatic carbocycles. The van der Waals surface area contributed by atoms with E-state index in [1.165, 1.54) is 0 Å². The fraction of sp³-hybridized carbons (Fsp3) is 0.455. The number of oxime groups is 1. The quantitative estimate of drug-likeness (QED) is 0.346. The van der Waals surface area contributed by atoms with Crippen LogP contribution in [0.2, 0.25) is 0 Å². The summed E-state index contributed by atoms with van der Waals surface area (Å²) in [6, 6.07) is 1.78. The van der Waals surface area contributed by atoms with E-state index < -0.39 is 0 Å². The van der Waals surface area contributed by atoms with E-state index in [9.17, 15) is 0 Å². The summed E-state index contributed by atoms with van der Waals surface area (Å²) in [4.78, 5) is 4.10. The van der Waals surface area contributed by atoms with Crippen LogP contribution in [0.25, 0.3) is 0 Å². The number of nitrogens with zero attached hydrogens (tertiary/aromatic N) is 2. The van der Waals surface area contributed by atoms with Gasteiger partial charge >= 0.3 is 0 Å². The average molecular weight is 223 g/mol. The number of amidine groups is 1. The molecule has 1 aromatic rings. The summed E-state index contributed by atoms with van der Waals surface area (Å²) in [6.45, 7) is 7.58. The summed E-state index contributed by atoms with van der Waals surface area (Å²) in [5.41, 5.74) is 6.59. The molecule has 0 saturated heterocycles. The van der Waals surface area contributed by atoms with Crippen LogP contribution in [0, 0.1) is 6.92 Å². The van der Waals surface area contributed by atoms with E-state index in [0.717, 1.165) is 5.56 Å². The van der Waals surface area contributed by atoms with Crippen molar-refractivity contribution >= 4 is 5.84 Å². The Bertz CT molecular complexity index is 408. The largest absolute Gasteiger partial charge is 0.471 e. The summed E-state index contributed by atoms with van der Waals surface area (Å²) in [7, 11) is 0. The topological polar surface area (TPSA) is 80.7 Å². The third-order valence-corrected chi connectivity index (χ3v) is 1.89. The van der Waals surface area contributed by atoms with Crippen molar-refractivity contribution in [2.45, 2.75) is 33.3 Å². The minimum absolute atomic E-state index is 0.00449. The molecule has 0 aliphatic heterocycles. The van der Waals surface area contributed by atoms with Crippen molar-refractivity contribution in [3.8, 4) is 5.88 Å². The van der Waals surface area contributed by atoms with Crippen LogP contribution in [0.1, 0.15) is 31.9 Å². The monoisotopic (exact) mass is 223 g/mol. The Hall–Kier alpha value is -1.78. The van der Waals surface area contributed by atoms with Crippen molar-refractivity contribution in [1.29, 1.82) is 0 Å². The van der Waals surface area contributed by atoms with Gasteiger partial charge in [0.25, 0.3) is 0 Å². The second kappa shape index (κ2) is 4.38. The molecule has 5 nitrogen and oxygen atoms in total. The van der Waals surface area contributed by atoms with E-state index in [-0.39, 0.29) is 11.4 Å². The number of aromatic nitrogens is 1. The first-order valence-corrected chi connectivity index (χ1v) is 4.97. The third-order valence-electron chi connectivity index (χ3n) is 1.89. The molecule has 1 heterocycles. The van der Waals surface area contributed by atoms with Crippen molar-refractivity contribution < 1.29 is 9.94 Å². The van der Waals surface area contributed by atoms with Gasteiger partial charge in [0.15, 0.2) is 5.84 Å². The molecule has 88 valence electrons. The average Bonchev–Trinajstić information content (AvgIpc) is 2.14. The maximum absolute atomic E-state index is 8.72. The zero-order valence-corrected chi connectivity index (χ0v) is 9.98. The van der Waals surface area contributed by atoms with Crippen LogP contribution in [-0.4, -0.2) is 21.6 Å². The molecular formula is C11H17N3O2. The lowest BCUT2D eigenvalue weighted by atomic mass is 10.1. The van der Waals surface area contributed by atoms with Crippen LogP contribution in [0.15, 0.2) is 17.4 Å². The molecule has 0 aliphatic rings. The summed E-state index contributed by atoms with van der Waals surface area (Å²) in [5.74, 6) is 0.382. The molecule has 0 spiro atoms. The second-order valence-corrected chi connectivity index (χ2v) is 4.51. The highest BCUT2D eigenvalue weighted by Crippen LogP contribution is 2.22. The summed E-state index contributed by atoms with van der Waals surface area (Å²) in [6.07, 6.45) is 1.63. The van der Waals surface area contributed by atoms with Crippen molar-refractivity contribution in [2.75, 3.05) is 0 Å². The van der Waals surface area contributed by atoms with Gasteiger partial charge in [0, 0.05) is 6.20 Å². The van der Waals surface area contributed by atoms with Crippen LogP contribution in [0.4, 0.5) is 0 Å². The van der Waals surface area contributed by atoms with Crippen molar-refractivity contribution in [3.05, 3.63) is 23.4 Å². The lowest BCUT2D eigenvalue weighted by Gasteiger charge is -2.22. The molecule has 3 N–H and O–H groups in total. The Kier molecular flexibility index (Phi) is 3.37. The summed E-state index contributed by atoms with van der Waals surface area (Å²) < 4.78 is 5.65. The van der Waals surface area contributed by atoms with E-state index in [1.807, 2.05) is 27.7 Å². The highest BCUT2D eigenvalue weighted by atomic mass is 16.5.